The molecule has 1 saturated carbocycles. The summed E-state index contributed by atoms with van der Waals surface area (Å²) in [5, 5.41) is 8.97. The maximum atomic E-state index is 10.9. The Hall–Kier alpha value is -0.570. The fraction of sp³-hybridized carbons (Fsp3) is 0.933. The van der Waals surface area contributed by atoms with Crippen LogP contribution in [-0.2, 0) is 4.79 Å². The van der Waals surface area contributed by atoms with Crippen molar-refractivity contribution in [3.8, 4) is 0 Å². The van der Waals surface area contributed by atoms with Gasteiger partial charge in [-0.25, -0.2) is 0 Å². The molecule has 1 aliphatic carbocycles. The molecule has 3 heteroatoms. The highest BCUT2D eigenvalue weighted by Gasteiger charge is 2.25. The molecule has 0 bridgehead atoms. The number of rotatable bonds is 5. The van der Waals surface area contributed by atoms with Gasteiger partial charge in [0.05, 0.1) is 6.42 Å². The van der Waals surface area contributed by atoms with Gasteiger partial charge in [0.2, 0.25) is 0 Å². The Labute approximate surface area is 111 Å². The second-order valence-corrected chi connectivity index (χ2v) is 6.08. The van der Waals surface area contributed by atoms with Crippen molar-refractivity contribution in [1.82, 2.24) is 4.90 Å². The quantitative estimate of drug-likeness (QED) is 0.817. The minimum atomic E-state index is -0.635. The smallest absolute Gasteiger partial charge is 0.304 e. The molecule has 2 fully saturated rings. The van der Waals surface area contributed by atoms with Crippen LogP contribution in [0.3, 0.4) is 0 Å². The Bertz CT molecular complexity index is 261. The third-order valence-corrected chi connectivity index (χ3v) is 4.71. The SMILES string of the molecule is O=C(O)CC1CCCCN1CCC1CCCCC1. The molecule has 1 unspecified atom stereocenters. The van der Waals surface area contributed by atoms with Gasteiger partial charge in [-0.2, -0.15) is 0 Å². The molecular weight excluding hydrogens is 226 g/mol. The van der Waals surface area contributed by atoms with Gasteiger partial charge in [0.25, 0.3) is 0 Å². The molecule has 1 aliphatic heterocycles. The van der Waals surface area contributed by atoms with Gasteiger partial charge in [-0.15, -0.1) is 0 Å². The molecular formula is C15H27NO2. The fourth-order valence-electron chi connectivity index (χ4n) is 3.61. The van der Waals surface area contributed by atoms with E-state index < -0.39 is 5.97 Å². The van der Waals surface area contributed by atoms with Crippen molar-refractivity contribution in [2.75, 3.05) is 13.1 Å². The van der Waals surface area contributed by atoms with E-state index in [9.17, 15) is 4.79 Å². The zero-order valence-corrected chi connectivity index (χ0v) is 11.4. The highest BCUT2D eigenvalue weighted by atomic mass is 16.4. The summed E-state index contributed by atoms with van der Waals surface area (Å²) in [6.07, 6.45) is 12.2. The summed E-state index contributed by atoms with van der Waals surface area (Å²) >= 11 is 0. The summed E-state index contributed by atoms with van der Waals surface area (Å²) in [5.74, 6) is 0.274. The molecule has 0 aromatic carbocycles. The zero-order valence-electron chi connectivity index (χ0n) is 11.4. The van der Waals surface area contributed by atoms with Gasteiger partial charge in [-0.3, -0.25) is 9.69 Å². The van der Waals surface area contributed by atoms with E-state index >= 15 is 0 Å². The van der Waals surface area contributed by atoms with Gasteiger partial charge in [0, 0.05) is 6.04 Å². The fourth-order valence-corrected chi connectivity index (χ4v) is 3.61. The number of piperidine rings is 1. The molecule has 1 heterocycles. The Kier molecular flexibility index (Phi) is 5.48. The van der Waals surface area contributed by atoms with Crippen molar-refractivity contribution in [3.05, 3.63) is 0 Å². The highest BCUT2D eigenvalue weighted by molar-refractivity contribution is 5.67. The Morgan fingerprint density at radius 1 is 1.06 bits per heavy atom. The summed E-state index contributed by atoms with van der Waals surface area (Å²) in [4.78, 5) is 13.3. The van der Waals surface area contributed by atoms with Crippen LogP contribution in [0.5, 0.6) is 0 Å². The number of carbonyl (C=O) groups is 1. The van der Waals surface area contributed by atoms with Crippen molar-refractivity contribution in [1.29, 1.82) is 0 Å². The first kappa shape index (κ1) is 13.9. The normalized spacial score (nSPS) is 27.2. The molecule has 1 atom stereocenters. The number of carboxylic acids is 1. The first-order valence-corrected chi connectivity index (χ1v) is 7.71. The predicted molar refractivity (Wildman–Crippen MR) is 72.7 cm³/mol. The lowest BCUT2D eigenvalue weighted by molar-refractivity contribution is -0.138. The molecule has 0 aromatic heterocycles. The van der Waals surface area contributed by atoms with Gasteiger partial charge in [0.1, 0.15) is 0 Å². The van der Waals surface area contributed by atoms with Gasteiger partial charge in [-0.05, 0) is 38.3 Å². The van der Waals surface area contributed by atoms with Crippen molar-refractivity contribution < 1.29 is 9.90 Å². The predicted octanol–water partition coefficient (Wildman–Crippen LogP) is 3.29. The number of hydrogen-bond donors (Lipinski definition) is 1. The van der Waals surface area contributed by atoms with Crippen LogP contribution >= 0.6 is 0 Å². The lowest BCUT2D eigenvalue weighted by Crippen LogP contribution is -2.41. The monoisotopic (exact) mass is 253 g/mol. The maximum Gasteiger partial charge on any atom is 0.304 e. The Morgan fingerprint density at radius 3 is 2.50 bits per heavy atom. The first-order valence-electron chi connectivity index (χ1n) is 7.71. The summed E-state index contributed by atoms with van der Waals surface area (Å²) < 4.78 is 0. The van der Waals surface area contributed by atoms with Crippen LogP contribution < -0.4 is 0 Å². The van der Waals surface area contributed by atoms with Crippen LogP contribution in [0, 0.1) is 5.92 Å². The average molecular weight is 253 g/mol. The topological polar surface area (TPSA) is 40.5 Å². The lowest BCUT2D eigenvalue weighted by atomic mass is 9.86. The lowest BCUT2D eigenvalue weighted by Gasteiger charge is -2.36. The average Bonchev–Trinajstić information content (AvgIpc) is 2.38. The van der Waals surface area contributed by atoms with Crippen LogP contribution in [0.15, 0.2) is 0 Å². The van der Waals surface area contributed by atoms with E-state index in [1.165, 1.54) is 51.4 Å². The van der Waals surface area contributed by atoms with Crippen LogP contribution in [0.1, 0.15) is 64.2 Å². The third-order valence-electron chi connectivity index (χ3n) is 4.71. The van der Waals surface area contributed by atoms with E-state index in [0.717, 1.165) is 25.4 Å². The van der Waals surface area contributed by atoms with Crippen LogP contribution in [0.2, 0.25) is 0 Å². The maximum absolute atomic E-state index is 10.9. The number of hydrogen-bond acceptors (Lipinski definition) is 2. The Balaban J connectivity index is 1.75. The van der Waals surface area contributed by atoms with Crippen molar-refractivity contribution in [2.45, 2.75) is 70.3 Å². The minimum absolute atomic E-state index is 0.305. The second-order valence-electron chi connectivity index (χ2n) is 6.08. The second kappa shape index (κ2) is 7.13. The zero-order chi connectivity index (χ0) is 12.8. The molecule has 0 amide bonds. The first-order chi connectivity index (χ1) is 8.75. The standard InChI is InChI=1S/C15H27NO2/c17-15(18)12-14-8-4-5-10-16(14)11-9-13-6-2-1-3-7-13/h13-14H,1-12H2,(H,17,18). The van der Waals surface area contributed by atoms with Gasteiger partial charge in [0.15, 0.2) is 0 Å². The molecule has 1 N–H and O–H groups in total. The van der Waals surface area contributed by atoms with Crippen LogP contribution in [0.25, 0.3) is 0 Å². The number of likely N-dealkylation sites (tertiary alicyclic amines) is 1. The van der Waals surface area contributed by atoms with Gasteiger partial charge in [-0.1, -0.05) is 38.5 Å². The van der Waals surface area contributed by atoms with E-state index in [-0.39, 0.29) is 0 Å². The largest absolute Gasteiger partial charge is 0.481 e. The molecule has 104 valence electrons. The summed E-state index contributed by atoms with van der Waals surface area (Å²) in [7, 11) is 0. The van der Waals surface area contributed by atoms with Crippen LogP contribution in [0.4, 0.5) is 0 Å². The van der Waals surface area contributed by atoms with Crippen molar-refractivity contribution in [3.63, 3.8) is 0 Å². The molecule has 0 aromatic rings. The molecule has 18 heavy (non-hydrogen) atoms. The molecule has 3 nitrogen and oxygen atoms in total. The van der Waals surface area contributed by atoms with E-state index in [1.54, 1.807) is 0 Å². The number of aliphatic carboxylic acids is 1. The molecule has 2 rings (SSSR count). The summed E-state index contributed by atoms with van der Waals surface area (Å²) in [6.45, 7) is 2.24. The Morgan fingerprint density at radius 2 is 1.78 bits per heavy atom. The van der Waals surface area contributed by atoms with Gasteiger partial charge < -0.3 is 5.11 Å². The molecule has 0 radical (unpaired) electrons. The van der Waals surface area contributed by atoms with E-state index in [4.69, 9.17) is 5.11 Å². The van der Waals surface area contributed by atoms with Crippen LogP contribution in [-0.4, -0.2) is 35.1 Å². The summed E-state index contributed by atoms with van der Waals surface area (Å²) in [5.41, 5.74) is 0. The van der Waals surface area contributed by atoms with E-state index in [2.05, 4.69) is 4.90 Å². The third kappa shape index (κ3) is 4.27. The van der Waals surface area contributed by atoms with Crippen molar-refractivity contribution in [2.24, 2.45) is 5.92 Å². The number of nitrogens with zero attached hydrogens (tertiary/aromatic N) is 1. The molecule has 0 spiro atoms. The van der Waals surface area contributed by atoms with E-state index in [1.807, 2.05) is 0 Å². The molecule has 2 aliphatic rings. The minimum Gasteiger partial charge on any atom is -0.481 e. The van der Waals surface area contributed by atoms with Gasteiger partial charge >= 0.3 is 5.97 Å². The number of carboxylic acid groups (broad SMARTS) is 1. The molecule has 1 saturated heterocycles. The van der Waals surface area contributed by atoms with Crippen molar-refractivity contribution >= 4 is 5.97 Å². The highest BCUT2D eigenvalue weighted by Crippen LogP contribution is 2.28. The van der Waals surface area contributed by atoms with E-state index in [0.29, 0.717) is 12.5 Å². The summed E-state index contributed by atoms with van der Waals surface area (Å²) in [6, 6.07) is 0.305.